The molecule has 1 rings (SSSR count). The van der Waals surface area contributed by atoms with Crippen molar-refractivity contribution in [2.24, 2.45) is 0 Å². The fourth-order valence-corrected chi connectivity index (χ4v) is 1.02. The minimum absolute atomic E-state index is 0.319. The summed E-state index contributed by atoms with van der Waals surface area (Å²) in [4.78, 5) is 11.1. The second-order valence-electron chi connectivity index (χ2n) is 2.98. The number of hydrogen-bond donors (Lipinski definition) is 0. The lowest BCUT2D eigenvalue weighted by Gasteiger charge is -2.00. The van der Waals surface area contributed by atoms with Gasteiger partial charge in [0.15, 0.2) is 0 Å². The van der Waals surface area contributed by atoms with Gasteiger partial charge in [0.25, 0.3) is 0 Å². The van der Waals surface area contributed by atoms with E-state index in [9.17, 15) is 4.79 Å². The second-order valence-corrected chi connectivity index (χ2v) is 2.98. The lowest BCUT2D eigenvalue weighted by Crippen LogP contribution is -2.00. The molecule has 0 aliphatic rings. The molecule has 0 saturated heterocycles. The lowest BCUT2D eigenvalue weighted by atomic mass is 10.2. The largest absolute Gasteiger partial charge is 0.458 e. The molecule has 2 nitrogen and oxygen atoms in total. The van der Waals surface area contributed by atoms with Crippen LogP contribution in [0.4, 0.5) is 0 Å². The van der Waals surface area contributed by atoms with Crippen molar-refractivity contribution >= 4 is 5.97 Å². The number of benzene rings is 1. The first-order valence-corrected chi connectivity index (χ1v) is 4.83. The van der Waals surface area contributed by atoms with Crippen molar-refractivity contribution in [2.75, 3.05) is 0 Å². The molecule has 0 amide bonds. The molecule has 1 aromatic carbocycles. The molecule has 0 aromatic heterocycles. The maximum Gasteiger partial charge on any atom is 0.331 e. The number of hydrogen-bond acceptors (Lipinski definition) is 2. The molecule has 0 N–H and O–H groups in total. The van der Waals surface area contributed by atoms with E-state index in [4.69, 9.17) is 4.74 Å². The smallest absolute Gasteiger partial charge is 0.331 e. The number of ether oxygens (including phenoxy) is 1. The Morgan fingerprint density at radius 3 is 2.67 bits per heavy atom. The zero-order chi connectivity index (χ0) is 10.9. The molecule has 0 aliphatic heterocycles. The van der Waals surface area contributed by atoms with Gasteiger partial charge in [-0.3, -0.25) is 0 Å². The normalized spacial score (nSPS) is 11.0. The maximum absolute atomic E-state index is 11.1. The van der Waals surface area contributed by atoms with Crippen LogP contribution in [-0.4, -0.2) is 5.97 Å². The summed E-state index contributed by atoms with van der Waals surface area (Å²) in [5.41, 5.74) is 0.991. The standard InChI is InChI=1S/C13H14O2/c1-2-3-5-10-13(14)15-11-12-8-6-4-7-9-12/h2-10H,11H2,1H3/b3-2+,10-5+. The molecular weight excluding hydrogens is 188 g/mol. The topological polar surface area (TPSA) is 26.3 Å². The van der Waals surface area contributed by atoms with Gasteiger partial charge < -0.3 is 4.74 Å². The van der Waals surface area contributed by atoms with Gasteiger partial charge in [-0.25, -0.2) is 4.79 Å². The van der Waals surface area contributed by atoms with Crippen molar-refractivity contribution < 1.29 is 9.53 Å². The highest BCUT2D eigenvalue weighted by Gasteiger charge is 1.96. The van der Waals surface area contributed by atoms with Gasteiger partial charge in [-0.05, 0) is 12.5 Å². The molecule has 0 atom stereocenters. The summed E-state index contributed by atoms with van der Waals surface area (Å²) in [5.74, 6) is -0.322. The highest BCUT2D eigenvalue weighted by atomic mass is 16.5. The van der Waals surface area contributed by atoms with Crippen LogP contribution in [0.2, 0.25) is 0 Å². The Labute approximate surface area is 89.9 Å². The van der Waals surface area contributed by atoms with E-state index in [2.05, 4.69) is 0 Å². The van der Waals surface area contributed by atoms with Gasteiger partial charge >= 0.3 is 5.97 Å². The van der Waals surface area contributed by atoms with Crippen LogP contribution in [0.15, 0.2) is 54.6 Å². The zero-order valence-corrected chi connectivity index (χ0v) is 8.72. The molecule has 15 heavy (non-hydrogen) atoms. The molecule has 2 heteroatoms. The van der Waals surface area contributed by atoms with E-state index in [-0.39, 0.29) is 5.97 Å². The molecule has 0 aliphatic carbocycles. The summed E-state index contributed by atoms with van der Waals surface area (Å²) < 4.78 is 5.02. The first-order valence-electron chi connectivity index (χ1n) is 4.83. The first kappa shape index (κ1) is 11.2. The number of carbonyl (C=O) groups is 1. The van der Waals surface area contributed by atoms with Crippen LogP contribution in [0, 0.1) is 0 Å². The molecule has 0 unspecified atom stereocenters. The Bertz CT molecular complexity index is 350. The SMILES string of the molecule is C/C=C/C=C/C(=O)OCc1ccccc1. The summed E-state index contributed by atoms with van der Waals surface area (Å²) in [5, 5.41) is 0. The molecule has 0 heterocycles. The van der Waals surface area contributed by atoms with Gasteiger partial charge in [0.2, 0.25) is 0 Å². The second kappa shape index (κ2) is 6.60. The van der Waals surface area contributed by atoms with Crippen LogP contribution in [0.1, 0.15) is 12.5 Å². The first-order chi connectivity index (χ1) is 7.33. The molecule has 0 radical (unpaired) electrons. The van der Waals surface area contributed by atoms with Gasteiger partial charge in [-0.2, -0.15) is 0 Å². The average Bonchev–Trinajstić information content (AvgIpc) is 2.28. The fraction of sp³-hybridized carbons (Fsp3) is 0.154. The lowest BCUT2D eigenvalue weighted by molar-refractivity contribution is -0.139. The summed E-state index contributed by atoms with van der Waals surface area (Å²) in [7, 11) is 0. The van der Waals surface area contributed by atoms with Crippen LogP contribution in [-0.2, 0) is 16.1 Å². The summed E-state index contributed by atoms with van der Waals surface area (Å²) in [6.07, 6.45) is 6.70. The van der Waals surface area contributed by atoms with Gasteiger partial charge in [0.1, 0.15) is 6.61 Å². The van der Waals surface area contributed by atoms with E-state index in [1.165, 1.54) is 6.08 Å². The predicted octanol–water partition coefficient (Wildman–Crippen LogP) is 2.86. The van der Waals surface area contributed by atoms with E-state index in [0.717, 1.165) is 5.56 Å². The Balaban J connectivity index is 2.35. The zero-order valence-electron chi connectivity index (χ0n) is 8.72. The molecule has 0 spiro atoms. The number of allylic oxidation sites excluding steroid dienone is 3. The van der Waals surface area contributed by atoms with Crippen molar-refractivity contribution in [1.29, 1.82) is 0 Å². The number of carbonyl (C=O) groups excluding carboxylic acids is 1. The van der Waals surface area contributed by atoms with Crippen LogP contribution in [0.3, 0.4) is 0 Å². The van der Waals surface area contributed by atoms with E-state index < -0.39 is 0 Å². The van der Waals surface area contributed by atoms with Crippen molar-refractivity contribution in [1.82, 2.24) is 0 Å². The van der Waals surface area contributed by atoms with Gasteiger partial charge in [0, 0.05) is 6.08 Å². The van der Waals surface area contributed by atoms with E-state index in [1.807, 2.05) is 43.3 Å². The van der Waals surface area contributed by atoms with Crippen molar-refractivity contribution in [3.8, 4) is 0 Å². The van der Waals surface area contributed by atoms with Crippen LogP contribution < -0.4 is 0 Å². The van der Waals surface area contributed by atoms with Crippen LogP contribution >= 0.6 is 0 Å². The van der Waals surface area contributed by atoms with E-state index >= 15 is 0 Å². The molecule has 0 saturated carbocycles. The summed E-state index contributed by atoms with van der Waals surface area (Å²) in [6, 6.07) is 9.60. The predicted molar refractivity (Wildman–Crippen MR) is 60.2 cm³/mol. The maximum atomic E-state index is 11.1. The third kappa shape index (κ3) is 4.81. The van der Waals surface area contributed by atoms with Gasteiger partial charge in [0.05, 0.1) is 0 Å². The van der Waals surface area contributed by atoms with Crippen molar-refractivity contribution in [2.45, 2.75) is 13.5 Å². The van der Waals surface area contributed by atoms with Crippen molar-refractivity contribution in [3.05, 3.63) is 60.2 Å². The Kier molecular flexibility index (Phi) is 4.95. The minimum atomic E-state index is -0.322. The number of rotatable bonds is 4. The van der Waals surface area contributed by atoms with Crippen LogP contribution in [0.25, 0.3) is 0 Å². The van der Waals surface area contributed by atoms with Crippen molar-refractivity contribution in [3.63, 3.8) is 0 Å². The molecule has 0 bridgehead atoms. The van der Waals surface area contributed by atoms with Gasteiger partial charge in [-0.15, -0.1) is 0 Å². The molecule has 0 fully saturated rings. The Hall–Kier alpha value is -1.83. The quantitative estimate of drug-likeness (QED) is 0.426. The van der Waals surface area contributed by atoms with Gasteiger partial charge in [-0.1, -0.05) is 48.6 Å². The third-order valence-corrected chi connectivity index (χ3v) is 1.76. The molecular formula is C13H14O2. The fourth-order valence-electron chi connectivity index (χ4n) is 1.02. The highest BCUT2D eigenvalue weighted by molar-refractivity contribution is 5.82. The average molecular weight is 202 g/mol. The molecule has 78 valence electrons. The number of esters is 1. The molecule has 1 aromatic rings. The minimum Gasteiger partial charge on any atom is -0.458 e. The van der Waals surface area contributed by atoms with E-state index in [1.54, 1.807) is 12.2 Å². The third-order valence-electron chi connectivity index (χ3n) is 1.76. The Morgan fingerprint density at radius 1 is 1.27 bits per heavy atom. The summed E-state index contributed by atoms with van der Waals surface area (Å²) >= 11 is 0. The highest BCUT2D eigenvalue weighted by Crippen LogP contribution is 2.00. The Morgan fingerprint density at radius 2 is 2.00 bits per heavy atom. The summed E-state index contributed by atoms with van der Waals surface area (Å²) in [6.45, 7) is 2.21. The van der Waals surface area contributed by atoms with E-state index in [0.29, 0.717) is 6.61 Å². The monoisotopic (exact) mass is 202 g/mol. The van der Waals surface area contributed by atoms with Crippen LogP contribution in [0.5, 0.6) is 0 Å².